The molecule has 0 aliphatic rings. The molecule has 0 bridgehead atoms. The van der Waals surface area contributed by atoms with Crippen LogP contribution in [0.3, 0.4) is 0 Å². The second-order valence-corrected chi connectivity index (χ2v) is 5.51. The van der Waals surface area contributed by atoms with E-state index in [0.717, 1.165) is 29.5 Å². The summed E-state index contributed by atoms with van der Waals surface area (Å²) < 4.78 is 14.3. The van der Waals surface area contributed by atoms with E-state index in [-0.39, 0.29) is 5.82 Å². The largest absolute Gasteiger partial charge is 0.206 e. The molecule has 0 heterocycles. The predicted molar refractivity (Wildman–Crippen MR) is 91.3 cm³/mol. The van der Waals surface area contributed by atoms with Crippen molar-refractivity contribution in [1.82, 2.24) is 0 Å². The monoisotopic (exact) mass is 290 g/mol. The molecule has 110 valence electrons. The molecular weight excluding hydrogens is 271 g/mol. The van der Waals surface area contributed by atoms with Crippen LogP contribution in [-0.2, 0) is 6.42 Å². The highest BCUT2D eigenvalue weighted by atomic mass is 19.1. The molecule has 0 N–H and O–H groups in total. The Kier molecular flexibility index (Phi) is 4.34. The molecule has 3 aromatic rings. The SMILES string of the molecule is CCCc1ccc(-c2ccc(-c3ccccc3)cc2)c(F)c1. The summed E-state index contributed by atoms with van der Waals surface area (Å²) in [6.07, 6.45) is 1.95. The summed E-state index contributed by atoms with van der Waals surface area (Å²) in [5, 5.41) is 0. The van der Waals surface area contributed by atoms with Crippen LogP contribution in [0, 0.1) is 5.82 Å². The summed E-state index contributed by atoms with van der Waals surface area (Å²) in [6.45, 7) is 2.11. The Hall–Kier alpha value is -2.41. The highest BCUT2D eigenvalue weighted by molar-refractivity contribution is 5.70. The Balaban J connectivity index is 1.90. The van der Waals surface area contributed by atoms with E-state index in [1.165, 1.54) is 5.56 Å². The van der Waals surface area contributed by atoms with Gasteiger partial charge in [-0.2, -0.15) is 0 Å². The van der Waals surface area contributed by atoms with Crippen molar-refractivity contribution < 1.29 is 4.39 Å². The highest BCUT2D eigenvalue weighted by Crippen LogP contribution is 2.27. The lowest BCUT2D eigenvalue weighted by atomic mass is 9.98. The lowest BCUT2D eigenvalue weighted by molar-refractivity contribution is 0.628. The van der Waals surface area contributed by atoms with Crippen LogP contribution < -0.4 is 0 Å². The van der Waals surface area contributed by atoms with Crippen LogP contribution >= 0.6 is 0 Å². The van der Waals surface area contributed by atoms with Crippen LogP contribution in [0.15, 0.2) is 72.8 Å². The Labute approximate surface area is 131 Å². The van der Waals surface area contributed by atoms with Gasteiger partial charge >= 0.3 is 0 Å². The van der Waals surface area contributed by atoms with Gasteiger partial charge in [0.25, 0.3) is 0 Å². The van der Waals surface area contributed by atoms with Crippen molar-refractivity contribution in [1.29, 1.82) is 0 Å². The first-order valence-electron chi connectivity index (χ1n) is 7.72. The third-order valence-corrected chi connectivity index (χ3v) is 3.88. The zero-order chi connectivity index (χ0) is 15.4. The molecule has 0 spiro atoms. The van der Waals surface area contributed by atoms with E-state index in [1.54, 1.807) is 6.07 Å². The zero-order valence-electron chi connectivity index (χ0n) is 12.7. The minimum atomic E-state index is -0.140. The first-order valence-corrected chi connectivity index (χ1v) is 7.72. The van der Waals surface area contributed by atoms with Gasteiger partial charge in [-0.1, -0.05) is 80.1 Å². The van der Waals surface area contributed by atoms with E-state index in [1.807, 2.05) is 54.6 Å². The molecule has 1 heteroatoms. The van der Waals surface area contributed by atoms with Crippen LogP contribution in [-0.4, -0.2) is 0 Å². The summed E-state index contributed by atoms with van der Waals surface area (Å²) in [5.74, 6) is -0.140. The van der Waals surface area contributed by atoms with E-state index >= 15 is 0 Å². The van der Waals surface area contributed by atoms with Gasteiger partial charge in [0.2, 0.25) is 0 Å². The first-order chi connectivity index (χ1) is 10.8. The zero-order valence-corrected chi connectivity index (χ0v) is 12.7. The number of rotatable bonds is 4. The molecule has 0 aliphatic heterocycles. The van der Waals surface area contributed by atoms with Crippen molar-refractivity contribution in [3.8, 4) is 22.3 Å². The number of halogens is 1. The standard InChI is InChI=1S/C21H19F/c1-2-6-16-9-14-20(21(22)15-16)19-12-10-18(11-13-19)17-7-4-3-5-8-17/h3-5,7-15H,2,6H2,1H3. The molecule has 0 saturated carbocycles. The normalized spacial score (nSPS) is 10.6. The van der Waals surface area contributed by atoms with Crippen LogP contribution in [0.1, 0.15) is 18.9 Å². The predicted octanol–water partition coefficient (Wildman–Crippen LogP) is 6.11. The van der Waals surface area contributed by atoms with Crippen molar-refractivity contribution in [3.05, 3.63) is 84.2 Å². The summed E-state index contributed by atoms with van der Waals surface area (Å²) in [7, 11) is 0. The third kappa shape index (κ3) is 3.09. The van der Waals surface area contributed by atoms with Crippen LogP contribution in [0.5, 0.6) is 0 Å². The van der Waals surface area contributed by atoms with E-state index in [9.17, 15) is 4.39 Å². The van der Waals surface area contributed by atoms with Crippen LogP contribution in [0.4, 0.5) is 4.39 Å². The molecule has 0 unspecified atom stereocenters. The summed E-state index contributed by atoms with van der Waals surface area (Å²) in [5.41, 5.74) is 4.96. The van der Waals surface area contributed by atoms with Gasteiger partial charge in [0.15, 0.2) is 0 Å². The maximum Gasteiger partial charge on any atom is 0.131 e. The first kappa shape index (κ1) is 14.5. The van der Waals surface area contributed by atoms with E-state index in [0.29, 0.717) is 5.56 Å². The van der Waals surface area contributed by atoms with Crippen molar-refractivity contribution in [2.24, 2.45) is 0 Å². The number of hydrogen-bond acceptors (Lipinski definition) is 0. The number of benzene rings is 3. The molecule has 0 fully saturated rings. The van der Waals surface area contributed by atoms with Gasteiger partial charge in [0.1, 0.15) is 5.82 Å². The second kappa shape index (κ2) is 6.57. The minimum absolute atomic E-state index is 0.140. The molecule has 0 nitrogen and oxygen atoms in total. The van der Waals surface area contributed by atoms with Crippen molar-refractivity contribution in [2.45, 2.75) is 19.8 Å². The fraction of sp³-hybridized carbons (Fsp3) is 0.143. The molecule has 22 heavy (non-hydrogen) atoms. The van der Waals surface area contributed by atoms with E-state index < -0.39 is 0 Å². The third-order valence-electron chi connectivity index (χ3n) is 3.88. The van der Waals surface area contributed by atoms with Crippen LogP contribution in [0.2, 0.25) is 0 Å². The van der Waals surface area contributed by atoms with E-state index in [4.69, 9.17) is 0 Å². The van der Waals surface area contributed by atoms with Gasteiger partial charge in [0, 0.05) is 5.56 Å². The molecule has 0 atom stereocenters. The van der Waals surface area contributed by atoms with Gasteiger partial charge in [-0.15, -0.1) is 0 Å². The number of aryl methyl sites for hydroxylation is 1. The molecule has 0 radical (unpaired) electrons. The van der Waals surface area contributed by atoms with Gasteiger partial charge in [-0.3, -0.25) is 0 Å². The fourth-order valence-corrected chi connectivity index (χ4v) is 2.71. The number of hydrogen-bond donors (Lipinski definition) is 0. The summed E-state index contributed by atoms with van der Waals surface area (Å²) in [4.78, 5) is 0. The minimum Gasteiger partial charge on any atom is -0.206 e. The maximum absolute atomic E-state index is 14.3. The Morgan fingerprint density at radius 1 is 0.727 bits per heavy atom. The smallest absolute Gasteiger partial charge is 0.131 e. The summed E-state index contributed by atoms with van der Waals surface area (Å²) >= 11 is 0. The van der Waals surface area contributed by atoms with Gasteiger partial charge in [0.05, 0.1) is 0 Å². The average Bonchev–Trinajstić information content (AvgIpc) is 2.56. The Bertz CT molecular complexity index is 743. The van der Waals surface area contributed by atoms with Crippen LogP contribution in [0.25, 0.3) is 22.3 Å². The maximum atomic E-state index is 14.3. The van der Waals surface area contributed by atoms with Gasteiger partial charge < -0.3 is 0 Å². The molecular formula is C21H19F. The Morgan fingerprint density at radius 3 is 2.00 bits per heavy atom. The topological polar surface area (TPSA) is 0 Å². The molecule has 0 amide bonds. The lowest BCUT2D eigenvalue weighted by Gasteiger charge is -2.08. The van der Waals surface area contributed by atoms with Gasteiger partial charge in [-0.05, 0) is 34.7 Å². The molecule has 3 aromatic carbocycles. The highest BCUT2D eigenvalue weighted by Gasteiger charge is 2.06. The Morgan fingerprint density at radius 2 is 1.36 bits per heavy atom. The van der Waals surface area contributed by atoms with Crippen molar-refractivity contribution in [2.75, 3.05) is 0 Å². The quantitative estimate of drug-likeness (QED) is 0.543. The molecule has 3 rings (SSSR count). The second-order valence-electron chi connectivity index (χ2n) is 5.51. The molecule has 0 saturated heterocycles. The average molecular weight is 290 g/mol. The molecule has 0 aliphatic carbocycles. The van der Waals surface area contributed by atoms with Gasteiger partial charge in [-0.25, -0.2) is 4.39 Å². The lowest BCUT2D eigenvalue weighted by Crippen LogP contribution is -1.89. The van der Waals surface area contributed by atoms with Crippen molar-refractivity contribution >= 4 is 0 Å². The van der Waals surface area contributed by atoms with Crippen molar-refractivity contribution in [3.63, 3.8) is 0 Å². The summed E-state index contributed by atoms with van der Waals surface area (Å²) in [6, 6.07) is 23.8. The fourth-order valence-electron chi connectivity index (χ4n) is 2.71. The van der Waals surface area contributed by atoms with E-state index in [2.05, 4.69) is 19.1 Å². The molecule has 0 aromatic heterocycles.